The summed E-state index contributed by atoms with van der Waals surface area (Å²) in [6.45, 7) is 11.8. The molecule has 0 spiro atoms. The Kier molecular flexibility index (Phi) is 8.83. The summed E-state index contributed by atoms with van der Waals surface area (Å²) in [6, 6.07) is 12.9. The van der Waals surface area contributed by atoms with E-state index in [4.69, 9.17) is 25.7 Å². The highest BCUT2D eigenvalue weighted by atomic mass is 16.5. The first kappa shape index (κ1) is 22.8. The van der Waals surface area contributed by atoms with Crippen LogP contribution in [0.15, 0.2) is 41.6 Å². The summed E-state index contributed by atoms with van der Waals surface area (Å²) in [6.07, 6.45) is 0.310. The van der Waals surface area contributed by atoms with E-state index in [0.717, 1.165) is 22.6 Å². The third-order valence-electron chi connectivity index (χ3n) is 3.61. The second-order valence-electron chi connectivity index (χ2n) is 6.89. The lowest BCUT2D eigenvalue weighted by molar-refractivity contribution is 0.240. The molecule has 0 fully saturated rings. The maximum atomic E-state index is 8.64. The van der Waals surface area contributed by atoms with E-state index in [9.17, 15) is 0 Å². The molecule has 0 unspecified atom stereocenters. The summed E-state index contributed by atoms with van der Waals surface area (Å²) in [7, 11) is 0. The highest BCUT2D eigenvalue weighted by molar-refractivity contribution is 5.97. The number of oxime groups is 1. The van der Waals surface area contributed by atoms with Gasteiger partial charge in [0.1, 0.15) is 11.5 Å². The maximum Gasteiger partial charge on any atom is 0.170 e. The van der Waals surface area contributed by atoms with Gasteiger partial charge >= 0.3 is 0 Å². The number of ether oxygens (including phenoxy) is 2. The van der Waals surface area contributed by atoms with Crippen molar-refractivity contribution in [3.63, 3.8) is 0 Å². The van der Waals surface area contributed by atoms with Crippen LogP contribution in [-0.2, 0) is 0 Å². The number of nitrogens with two attached hydrogens (primary N) is 1. The molecular formula is C22H29N3O3. The lowest BCUT2D eigenvalue weighted by Crippen LogP contribution is -2.13. The highest BCUT2D eigenvalue weighted by Gasteiger charge is 2.05. The molecule has 0 atom stereocenters. The minimum Gasteiger partial charge on any atom is -0.491 e. The van der Waals surface area contributed by atoms with Crippen LogP contribution in [0.1, 0.15) is 49.9 Å². The number of nitrogens with zero attached hydrogens (tertiary/aromatic N) is 2. The minimum absolute atomic E-state index is 0.106. The third kappa shape index (κ3) is 7.20. The fourth-order valence-corrected chi connectivity index (χ4v) is 2.36. The zero-order valence-electron chi connectivity index (χ0n) is 17.4. The van der Waals surface area contributed by atoms with Gasteiger partial charge < -0.3 is 20.4 Å². The summed E-state index contributed by atoms with van der Waals surface area (Å²) < 4.78 is 11.1. The lowest BCUT2D eigenvalue weighted by atomic mass is 10.1. The Morgan fingerprint density at radius 1 is 0.964 bits per heavy atom. The molecule has 0 radical (unpaired) electrons. The fourth-order valence-electron chi connectivity index (χ4n) is 2.36. The van der Waals surface area contributed by atoms with Crippen LogP contribution in [0.4, 0.5) is 0 Å². The predicted molar refractivity (Wildman–Crippen MR) is 111 cm³/mol. The molecule has 0 aliphatic carbocycles. The molecule has 0 amide bonds. The molecular weight excluding hydrogens is 354 g/mol. The molecule has 0 heterocycles. The Bertz CT molecular complexity index is 853. The van der Waals surface area contributed by atoms with Crippen LogP contribution in [0.5, 0.6) is 11.5 Å². The zero-order chi connectivity index (χ0) is 21.3. The molecule has 2 rings (SSSR count). The van der Waals surface area contributed by atoms with E-state index in [0.29, 0.717) is 11.1 Å². The number of hydrogen-bond donors (Lipinski definition) is 2. The summed E-state index contributed by atoms with van der Waals surface area (Å²) in [5.41, 5.74) is 8.81. The molecule has 0 saturated heterocycles. The third-order valence-corrected chi connectivity index (χ3v) is 3.61. The van der Waals surface area contributed by atoms with Gasteiger partial charge in [0.05, 0.1) is 23.8 Å². The van der Waals surface area contributed by atoms with Crippen molar-refractivity contribution in [3.8, 4) is 17.6 Å². The summed E-state index contributed by atoms with van der Waals surface area (Å²) in [5, 5.41) is 20.1. The van der Waals surface area contributed by atoms with Crippen molar-refractivity contribution in [1.29, 1.82) is 5.26 Å². The molecule has 0 saturated carbocycles. The number of rotatable bonds is 5. The molecule has 6 heteroatoms. The summed E-state index contributed by atoms with van der Waals surface area (Å²) >= 11 is 0. The van der Waals surface area contributed by atoms with E-state index < -0.39 is 0 Å². The van der Waals surface area contributed by atoms with Gasteiger partial charge in [0.2, 0.25) is 0 Å². The van der Waals surface area contributed by atoms with Crippen LogP contribution in [0.25, 0.3) is 0 Å². The molecule has 2 aromatic carbocycles. The van der Waals surface area contributed by atoms with Crippen LogP contribution in [0.3, 0.4) is 0 Å². The first-order valence-corrected chi connectivity index (χ1v) is 9.10. The normalized spacial score (nSPS) is 10.9. The van der Waals surface area contributed by atoms with Crippen molar-refractivity contribution in [1.82, 2.24) is 0 Å². The average molecular weight is 383 g/mol. The van der Waals surface area contributed by atoms with Gasteiger partial charge in [-0.2, -0.15) is 5.26 Å². The van der Waals surface area contributed by atoms with E-state index in [2.05, 4.69) is 11.2 Å². The van der Waals surface area contributed by atoms with E-state index in [-0.39, 0.29) is 18.0 Å². The van der Waals surface area contributed by atoms with Crippen LogP contribution in [-0.4, -0.2) is 23.3 Å². The number of nitriles is 1. The Morgan fingerprint density at radius 2 is 1.46 bits per heavy atom. The van der Waals surface area contributed by atoms with E-state index >= 15 is 0 Å². The van der Waals surface area contributed by atoms with Crippen LogP contribution >= 0.6 is 0 Å². The average Bonchev–Trinajstić information content (AvgIpc) is 2.64. The van der Waals surface area contributed by atoms with Gasteiger partial charge in [-0.05, 0) is 89.1 Å². The van der Waals surface area contributed by atoms with Crippen molar-refractivity contribution >= 4 is 5.84 Å². The van der Waals surface area contributed by atoms with Gasteiger partial charge in [0, 0.05) is 5.56 Å². The van der Waals surface area contributed by atoms with Crippen molar-refractivity contribution in [2.45, 2.75) is 53.8 Å². The van der Waals surface area contributed by atoms with Crippen molar-refractivity contribution in [2.24, 2.45) is 10.9 Å². The lowest BCUT2D eigenvalue weighted by Gasteiger charge is -2.12. The number of benzene rings is 2. The highest BCUT2D eigenvalue weighted by Crippen LogP contribution is 2.21. The first-order chi connectivity index (χ1) is 13.2. The zero-order valence-corrected chi connectivity index (χ0v) is 17.4. The molecule has 2 aromatic rings. The molecule has 0 aliphatic heterocycles. The topological polar surface area (TPSA) is 101 Å². The van der Waals surface area contributed by atoms with Crippen LogP contribution < -0.4 is 15.2 Å². The van der Waals surface area contributed by atoms with E-state index in [1.54, 1.807) is 12.1 Å². The van der Waals surface area contributed by atoms with Crippen molar-refractivity contribution in [3.05, 3.63) is 58.7 Å². The number of aryl methyl sites for hydroxylation is 2. The molecule has 0 aliphatic rings. The molecule has 6 nitrogen and oxygen atoms in total. The monoisotopic (exact) mass is 383 g/mol. The standard InChI is InChI=1S/C11H16N2O2.C11H13NO/c1-7(2)15-10-5-4-9(6-8(10)3)11(12)13-14;1-8(2)13-11-5-4-10(7-12)6-9(11)3/h4-7,14H,1-3H3,(H2,12,13);4-6,8H,1-3H3. The van der Waals surface area contributed by atoms with Gasteiger partial charge in [0.25, 0.3) is 0 Å². The fraction of sp³-hybridized carbons (Fsp3) is 0.364. The second-order valence-corrected chi connectivity index (χ2v) is 6.89. The summed E-state index contributed by atoms with van der Waals surface area (Å²) in [4.78, 5) is 0. The molecule has 0 aromatic heterocycles. The minimum atomic E-state index is 0.106. The Morgan fingerprint density at radius 3 is 1.86 bits per heavy atom. The van der Waals surface area contributed by atoms with Crippen molar-refractivity contribution < 1.29 is 14.7 Å². The maximum absolute atomic E-state index is 8.64. The number of amidine groups is 1. The molecule has 3 N–H and O–H groups in total. The Labute approximate surface area is 167 Å². The van der Waals surface area contributed by atoms with E-state index in [1.807, 2.05) is 65.8 Å². The Hall–Kier alpha value is -3.20. The first-order valence-electron chi connectivity index (χ1n) is 9.10. The Balaban J connectivity index is 0.000000283. The number of hydrogen-bond acceptors (Lipinski definition) is 5. The molecule has 0 bridgehead atoms. The van der Waals surface area contributed by atoms with Gasteiger partial charge in [0.15, 0.2) is 5.84 Å². The van der Waals surface area contributed by atoms with Gasteiger partial charge in [-0.3, -0.25) is 0 Å². The van der Waals surface area contributed by atoms with Gasteiger partial charge in [-0.25, -0.2) is 0 Å². The van der Waals surface area contributed by atoms with E-state index in [1.165, 1.54) is 0 Å². The smallest absolute Gasteiger partial charge is 0.170 e. The van der Waals surface area contributed by atoms with Crippen LogP contribution in [0, 0.1) is 25.2 Å². The SMILES string of the molecule is Cc1cc(/C(N)=N/O)ccc1OC(C)C.Cc1cc(C#N)ccc1OC(C)C. The van der Waals surface area contributed by atoms with Crippen LogP contribution in [0.2, 0.25) is 0 Å². The van der Waals surface area contributed by atoms with Gasteiger partial charge in [-0.1, -0.05) is 5.16 Å². The quantitative estimate of drug-likeness (QED) is 0.342. The largest absolute Gasteiger partial charge is 0.491 e. The molecule has 28 heavy (non-hydrogen) atoms. The second kappa shape index (κ2) is 10.8. The predicted octanol–water partition coefficient (Wildman–Crippen LogP) is 4.53. The van der Waals surface area contributed by atoms with Crippen molar-refractivity contribution in [2.75, 3.05) is 0 Å². The molecule has 150 valence electrons. The summed E-state index contributed by atoms with van der Waals surface area (Å²) in [5.74, 6) is 1.78. The van der Waals surface area contributed by atoms with Gasteiger partial charge in [-0.15, -0.1) is 0 Å².